The molecule has 2 N–H and O–H groups in total. The van der Waals surface area contributed by atoms with E-state index in [2.05, 4.69) is 4.98 Å². The number of aromatic nitrogens is 1. The Bertz CT molecular complexity index is 515. The summed E-state index contributed by atoms with van der Waals surface area (Å²) in [6.45, 7) is 4.09. The quantitative estimate of drug-likeness (QED) is 0.816. The SMILES string of the molecule is Cc1cccc(C)c1-c1nc(N)ccc1Cl. The molecule has 0 aliphatic carbocycles. The Morgan fingerprint density at radius 2 is 1.69 bits per heavy atom. The van der Waals surface area contributed by atoms with Gasteiger partial charge in [0.25, 0.3) is 0 Å². The number of aryl methyl sites for hydroxylation is 2. The van der Waals surface area contributed by atoms with Crippen LogP contribution in [0.3, 0.4) is 0 Å². The highest BCUT2D eigenvalue weighted by Gasteiger charge is 2.10. The zero-order valence-electron chi connectivity index (χ0n) is 9.29. The number of hydrogen-bond donors (Lipinski definition) is 1. The molecule has 2 rings (SSSR count). The molecule has 1 aromatic heterocycles. The average molecular weight is 233 g/mol. The van der Waals surface area contributed by atoms with Gasteiger partial charge in [-0.2, -0.15) is 0 Å². The molecule has 0 unspecified atom stereocenters. The van der Waals surface area contributed by atoms with Crippen molar-refractivity contribution in [2.75, 3.05) is 5.73 Å². The Morgan fingerprint density at radius 3 is 2.31 bits per heavy atom. The van der Waals surface area contributed by atoms with Crippen LogP contribution in [0.4, 0.5) is 5.82 Å². The van der Waals surface area contributed by atoms with E-state index >= 15 is 0 Å². The topological polar surface area (TPSA) is 38.9 Å². The number of benzene rings is 1. The molecule has 0 radical (unpaired) electrons. The van der Waals surface area contributed by atoms with E-state index in [1.807, 2.05) is 32.0 Å². The van der Waals surface area contributed by atoms with Gasteiger partial charge in [-0.3, -0.25) is 0 Å². The molecule has 2 nitrogen and oxygen atoms in total. The summed E-state index contributed by atoms with van der Waals surface area (Å²) in [5.41, 5.74) is 9.83. The van der Waals surface area contributed by atoms with Crippen LogP contribution in [0.15, 0.2) is 30.3 Å². The Morgan fingerprint density at radius 1 is 1.06 bits per heavy atom. The first-order chi connectivity index (χ1) is 7.59. The molecular weight excluding hydrogens is 220 g/mol. The van der Waals surface area contributed by atoms with Crippen molar-refractivity contribution in [3.05, 3.63) is 46.5 Å². The summed E-state index contributed by atoms with van der Waals surface area (Å²) >= 11 is 6.16. The van der Waals surface area contributed by atoms with Crippen LogP contribution in [0.2, 0.25) is 5.02 Å². The largest absolute Gasteiger partial charge is 0.384 e. The normalized spacial score (nSPS) is 10.4. The minimum Gasteiger partial charge on any atom is -0.384 e. The van der Waals surface area contributed by atoms with Crippen molar-refractivity contribution < 1.29 is 0 Å². The van der Waals surface area contributed by atoms with Gasteiger partial charge in [0.2, 0.25) is 0 Å². The maximum absolute atomic E-state index is 6.16. The van der Waals surface area contributed by atoms with Crippen molar-refractivity contribution in [3.63, 3.8) is 0 Å². The number of halogens is 1. The second-order valence-corrected chi connectivity index (χ2v) is 4.24. The molecule has 1 aromatic carbocycles. The number of nitrogens with zero attached hydrogens (tertiary/aromatic N) is 1. The fourth-order valence-corrected chi connectivity index (χ4v) is 2.02. The maximum atomic E-state index is 6.16. The maximum Gasteiger partial charge on any atom is 0.124 e. The van der Waals surface area contributed by atoms with Crippen LogP contribution in [-0.4, -0.2) is 4.98 Å². The third kappa shape index (κ3) is 1.89. The molecule has 1 heterocycles. The average Bonchev–Trinajstić information content (AvgIpc) is 2.23. The summed E-state index contributed by atoms with van der Waals surface area (Å²) in [4.78, 5) is 4.31. The smallest absolute Gasteiger partial charge is 0.124 e. The molecule has 0 spiro atoms. The molecule has 0 aliphatic rings. The number of pyridine rings is 1. The van der Waals surface area contributed by atoms with E-state index in [0.29, 0.717) is 10.8 Å². The summed E-state index contributed by atoms with van der Waals surface area (Å²) in [5.74, 6) is 0.488. The van der Waals surface area contributed by atoms with Crippen LogP contribution in [0.25, 0.3) is 11.3 Å². The first kappa shape index (κ1) is 11.0. The van der Waals surface area contributed by atoms with Gasteiger partial charge in [-0.15, -0.1) is 0 Å². The lowest BCUT2D eigenvalue weighted by molar-refractivity contribution is 1.29. The zero-order chi connectivity index (χ0) is 11.7. The number of nitrogens with two attached hydrogens (primary N) is 1. The van der Waals surface area contributed by atoms with Crippen molar-refractivity contribution in [1.29, 1.82) is 0 Å². The third-order valence-corrected chi connectivity index (χ3v) is 2.89. The van der Waals surface area contributed by atoms with E-state index < -0.39 is 0 Å². The molecule has 16 heavy (non-hydrogen) atoms. The van der Waals surface area contributed by atoms with Crippen molar-refractivity contribution in [3.8, 4) is 11.3 Å². The molecule has 0 bridgehead atoms. The van der Waals surface area contributed by atoms with Gasteiger partial charge in [0.1, 0.15) is 5.82 Å². The summed E-state index contributed by atoms with van der Waals surface area (Å²) in [5, 5.41) is 0.631. The van der Waals surface area contributed by atoms with Crippen LogP contribution in [0.1, 0.15) is 11.1 Å². The van der Waals surface area contributed by atoms with Crippen molar-refractivity contribution in [2.24, 2.45) is 0 Å². The summed E-state index contributed by atoms with van der Waals surface area (Å²) < 4.78 is 0. The molecule has 82 valence electrons. The monoisotopic (exact) mass is 232 g/mol. The van der Waals surface area contributed by atoms with Gasteiger partial charge in [-0.1, -0.05) is 29.8 Å². The molecule has 0 saturated heterocycles. The van der Waals surface area contributed by atoms with E-state index in [0.717, 1.165) is 22.4 Å². The van der Waals surface area contributed by atoms with Crippen molar-refractivity contribution in [2.45, 2.75) is 13.8 Å². The second-order valence-electron chi connectivity index (χ2n) is 3.83. The number of anilines is 1. The van der Waals surface area contributed by atoms with Crippen LogP contribution in [0, 0.1) is 13.8 Å². The molecule has 0 atom stereocenters. The van der Waals surface area contributed by atoms with Crippen LogP contribution in [0.5, 0.6) is 0 Å². The van der Waals surface area contributed by atoms with E-state index in [4.69, 9.17) is 17.3 Å². The van der Waals surface area contributed by atoms with Gasteiger partial charge in [0.15, 0.2) is 0 Å². The van der Waals surface area contributed by atoms with Gasteiger partial charge in [-0.25, -0.2) is 4.98 Å². The minimum atomic E-state index is 0.488. The Kier molecular flexibility index (Phi) is 2.84. The van der Waals surface area contributed by atoms with Crippen LogP contribution >= 0.6 is 11.6 Å². The molecule has 0 aliphatic heterocycles. The van der Waals surface area contributed by atoms with Gasteiger partial charge in [0.05, 0.1) is 10.7 Å². The predicted octanol–water partition coefficient (Wildman–Crippen LogP) is 3.60. The van der Waals surface area contributed by atoms with E-state index in [1.165, 1.54) is 0 Å². The van der Waals surface area contributed by atoms with Crippen molar-refractivity contribution in [1.82, 2.24) is 4.98 Å². The summed E-state index contributed by atoms with van der Waals surface area (Å²) in [7, 11) is 0. The zero-order valence-corrected chi connectivity index (χ0v) is 10.0. The molecule has 0 amide bonds. The van der Waals surface area contributed by atoms with Crippen LogP contribution in [-0.2, 0) is 0 Å². The van der Waals surface area contributed by atoms with Gasteiger partial charge < -0.3 is 5.73 Å². The van der Waals surface area contributed by atoms with Crippen LogP contribution < -0.4 is 5.73 Å². The number of hydrogen-bond acceptors (Lipinski definition) is 2. The highest BCUT2D eigenvalue weighted by molar-refractivity contribution is 6.33. The summed E-state index contributed by atoms with van der Waals surface area (Å²) in [6.07, 6.45) is 0. The number of nitrogen functional groups attached to an aromatic ring is 1. The number of rotatable bonds is 1. The molecule has 2 aromatic rings. The van der Waals surface area contributed by atoms with Gasteiger partial charge in [-0.05, 0) is 37.1 Å². The lowest BCUT2D eigenvalue weighted by atomic mass is 9.99. The Labute approximate surface area is 100 Å². The highest BCUT2D eigenvalue weighted by atomic mass is 35.5. The van der Waals surface area contributed by atoms with E-state index in [-0.39, 0.29) is 0 Å². The van der Waals surface area contributed by atoms with E-state index in [1.54, 1.807) is 12.1 Å². The van der Waals surface area contributed by atoms with Crippen molar-refractivity contribution >= 4 is 17.4 Å². The minimum absolute atomic E-state index is 0.488. The summed E-state index contributed by atoms with van der Waals surface area (Å²) in [6, 6.07) is 9.60. The first-order valence-corrected chi connectivity index (χ1v) is 5.46. The lowest BCUT2D eigenvalue weighted by Gasteiger charge is -2.10. The van der Waals surface area contributed by atoms with Gasteiger partial charge in [0, 0.05) is 5.56 Å². The molecular formula is C13H13ClN2. The standard InChI is InChI=1S/C13H13ClN2/c1-8-4-3-5-9(2)12(8)13-10(14)6-7-11(15)16-13/h3-7H,1-2H3,(H2,15,16). The molecule has 0 fully saturated rings. The molecule has 0 saturated carbocycles. The fraction of sp³-hybridized carbons (Fsp3) is 0.154. The lowest BCUT2D eigenvalue weighted by Crippen LogP contribution is -1.96. The fourth-order valence-electron chi connectivity index (χ4n) is 1.82. The predicted molar refractivity (Wildman–Crippen MR) is 68.6 cm³/mol. The second kappa shape index (κ2) is 4.14. The Hall–Kier alpha value is -1.54. The first-order valence-electron chi connectivity index (χ1n) is 5.08. The highest BCUT2D eigenvalue weighted by Crippen LogP contribution is 2.31. The van der Waals surface area contributed by atoms with Gasteiger partial charge >= 0.3 is 0 Å². The third-order valence-electron chi connectivity index (χ3n) is 2.59. The van der Waals surface area contributed by atoms with E-state index in [9.17, 15) is 0 Å². The Balaban J connectivity index is 2.72. The molecule has 3 heteroatoms.